The number of hydrogen-bond donors (Lipinski definition) is 1. The normalized spacial score (nSPS) is 22.1. The van der Waals surface area contributed by atoms with E-state index in [1.165, 1.54) is 0 Å². The molecule has 1 fully saturated rings. The van der Waals surface area contributed by atoms with Crippen molar-refractivity contribution in [3.05, 3.63) is 23.2 Å². The van der Waals surface area contributed by atoms with Crippen molar-refractivity contribution in [3.8, 4) is 5.75 Å². The molecule has 4 nitrogen and oxygen atoms in total. The van der Waals surface area contributed by atoms with Crippen molar-refractivity contribution in [2.24, 2.45) is 5.92 Å². The Balaban J connectivity index is 2.15. The fourth-order valence-electron chi connectivity index (χ4n) is 1.95. The lowest BCUT2D eigenvalue weighted by molar-refractivity contribution is -0.138. The number of halogens is 1. The van der Waals surface area contributed by atoms with Gasteiger partial charge in [0.15, 0.2) is 0 Å². The number of benzene rings is 1. The van der Waals surface area contributed by atoms with Crippen LogP contribution in [0.25, 0.3) is 0 Å². The number of rotatable bonds is 4. The first-order valence-corrected chi connectivity index (χ1v) is 5.71. The molecule has 2 rings (SSSR count). The molecule has 0 heterocycles. The molecular weight excluding hydrogens is 242 g/mol. The highest BCUT2D eigenvalue weighted by Crippen LogP contribution is 2.40. The Bertz CT molecular complexity index is 449. The van der Waals surface area contributed by atoms with Crippen LogP contribution in [-0.2, 0) is 4.79 Å². The zero-order chi connectivity index (χ0) is 12.6. The first-order valence-electron chi connectivity index (χ1n) is 5.33. The maximum absolute atomic E-state index is 10.8. The van der Waals surface area contributed by atoms with E-state index in [1.54, 1.807) is 13.2 Å². The van der Waals surface area contributed by atoms with Crippen LogP contribution in [-0.4, -0.2) is 31.3 Å². The number of anilines is 1. The standard InChI is InChI=1S/C12H14ClNO3/c1-14(11-6-8(11)12(15)16)10-4-3-7(17-2)5-9(10)13/h3-5,8,11H,6H2,1-2H3,(H,15,16). The topological polar surface area (TPSA) is 49.8 Å². The van der Waals surface area contributed by atoms with Crippen LogP contribution in [0.4, 0.5) is 5.69 Å². The van der Waals surface area contributed by atoms with Gasteiger partial charge < -0.3 is 14.7 Å². The van der Waals surface area contributed by atoms with Gasteiger partial charge in [0.05, 0.1) is 23.7 Å². The smallest absolute Gasteiger partial charge is 0.308 e. The number of ether oxygens (including phenoxy) is 1. The third-order valence-corrected chi connectivity index (χ3v) is 3.41. The second kappa shape index (κ2) is 4.45. The average molecular weight is 256 g/mol. The van der Waals surface area contributed by atoms with E-state index < -0.39 is 5.97 Å². The van der Waals surface area contributed by atoms with E-state index in [0.717, 1.165) is 5.69 Å². The Labute approximate surface area is 105 Å². The molecule has 0 bridgehead atoms. The Hall–Kier alpha value is -1.42. The van der Waals surface area contributed by atoms with Crippen molar-refractivity contribution < 1.29 is 14.6 Å². The van der Waals surface area contributed by atoms with E-state index in [-0.39, 0.29) is 12.0 Å². The number of methoxy groups -OCH3 is 1. The SMILES string of the molecule is COc1ccc(N(C)C2CC2C(=O)O)c(Cl)c1. The largest absolute Gasteiger partial charge is 0.497 e. The molecule has 0 aromatic heterocycles. The van der Waals surface area contributed by atoms with Crippen LogP contribution < -0.4 is 9.64 Å². The van der Waals surface area contributed by atoms with Gasteiger partial charge in [-0.2, -0.15) is 0 Å². The van der Waals surface area contributed by atoms with Gasteiger partial charge >= 0.3 is 5.97 Å². The number of aliphatic carboxylic acids is 1. The molecule has 92 valence electrons. The predicted octanol–water partition coefficient (Wildman–Crippen LogP) is 2.26. The molecule has 0 radical (unpaired) electrons. The van der Waals surface area contributed by atoms with Crippen LogP contribution in [0.1, 0.15) is 6.42 Å². The number of nitrogens with zero attached hydrogens (tertiary/aromatic N) is 1. The molecule has 1 saturated carbocycles. The van der Waals surface area contributed by atoms with Crippen LogP contribution in [0.2, 0.25) is 5.02 Å². The molecule has 1 aromatic rings. The van der Waals surface area contributed by atoms with E-state index in [1.807, 2.05) is 24.1 Å². The molecule has 5 heteroatoms. The summed E-state index contributed by atoms with van der Waals surface area (Å²) in [6.45, 7) is 0. The monoisotopic (exact) mass is 255 g/mol. The van der Waals surface area contributed by atoms with Crippen molar-refractivity contribution >= 4 is 23.3 Å². The Kier molecular flexibility index (Phi) is 3.15. The summed E-state index contributed by atoms with van der Waals surface area (Å²) < 4.78 is 5.07. The predicted molar refractivity (Wildman–Crippen MR) is 65.9 cm³/mol. The lowest BCUT2D eigenvalue weighted by Gasteiger charge is -2.20. The highest BCUT2D eigenvalue weighted by atomic mass is 35.5. The molecule has 0 aliphatic heterocycles. The Morgan fingerprint density at radius 1 is 1.59 bits per heavy atom. The summed E-state index contributed by atoms with van der Waals surface area (Å²) in [6, 6.07) is 5.43. The number of carboxylic acid groups (broad SMARTS) is 1. The summed E-state index contributed by atoms with van der Waals surface area (Å²) >= 11 is 6.13. The molecule has 1 aromatic carbocycles. The van der Waals surface area contributed by atoms with E-state index >= 15 is 0 Å². The Morgan fingerprint density at radius 3 is 2.76 bits per heavy atom. The number of hydrogen-bond acceptors (Lipinski definition) is 3. The highest BCUT2D eigenvalue weighted by molar-refractivity contribution is 6.33. The van der Waals surface area contributed by atoms with E-state index in [9.17, 15) is 4.79 Å². The minimum absolute atomic E-state index is 0.0402. The molecule has 0 spiro atoms. The summed E-state index contributed by atoms with van der Waals surface area (Å²) in [5, 5.41) is 9.46. The zero-order valence-electron chi connectivity index (χ0n) is 9.68. The molecule has 2 unspecified atom stereocenters. The number of carbonyl (C=O) groups is 1. The van der Waals surface area contributed by atoms with Crippen LogP contribution in [0.15, 0.2) is 18.2 Å². The van der Waals surface area contributed by atoms with Gasteiger partial charge in [0.1, 0.15) is 5.75 Å². The van der Waals surface area contributed by atoms with Crippen molar-refractivity contribution in [1.29, 1.82) is 0 Å². The molecule has 17 heavy (non-hydrogen) atoms. The van der Waals surface area contributed by atoms with Gasteiger partial charge in [-0.05, 0) is 18.6 Å². The summed E-state index contributed by atoms with van der Waals surface area (Å²) in [4.78, 5) is 12.7. The first-order chi connectivity index (χ1) is 8.04. The van der Waals surface area contributed by atoms with Crippen molar-refractivity contribution in [3.63, 3.8) is 0 Å². The van der Waals surface area contributed by atoms with E-state index in [2.05, 4.69) is 0 Å². The van der Waals surface area contributed by atoms with Gasteiger partial charge in [-0.25, -0.2) is 0 Å². The molecule has 0 saturated heterocycles. The van der Waals surface area contributed by atoms with Crippen molar-refractivity contribution in [1.82, 2.24) is 0 Å². The zero-order valence-corrected chi connectivity index (χ0v) is 10.4. The maximum Gasteiger partial charge on any atom is 0.308 e. The fraction of sp³-hybridized carbons (Fsp3) is 0.417. The minimum Gasteiger partial charge on any atom is -0.497 e. The molecule has 2 atom stereocenters. The van der Waals surface area contributed by atoms with E-state index in [0.29, 0.717) is 17.2 Å². The molecule has 1 N–H and O–H groups in total. The molecule has 0 amide bonds. The van der Waals surface area contributed by atoms with Gasteiger partial charge in [-0.1, -0.05) is 11.6 Å². The second-order valence-electron chi connectivity index (χ2n) is 4.18. The maximum atomic E-state index is 10.8. The van der Waals surface area contributed by atoms with Crippen molar-refractivity contribution in [2.75, 3.05) is 19.1 Å². The summed E-state index contributed by atoms with van der Waals surface area (Å²) in [5.41, 5.74) is 0.834. The quantitative estimate of drug-likeness (QED) is 0.897. The summed E-state index contributed by atoms with van der Waals surface area (Å²) in [7, 11) is 3.44. The van der Waals surface area contributed by atoms with E-state index in [4.69, 9.17) is 21.4 Å². The lowest BCUT2D eigenvalue weighted by atomic mass is 10.2. The average Bonchev–Trinajstić information content (AvgIpc) is 3.08. The fourth-order valence-corrected chi connectivity index (χ4v) is 2.26. The molecule has 1 aliphatic rings. The summed E-state index contributed by atoms with van der Waals surface area (Å²) in [6.07, 6.45) is 0.675. The summed E-state index contributed by atoms with van der Waals surface area (Å²) in [5.74, 6) is -0.331. The minimum atomic E-state index is -0.744. The first kappa shape index (κ1) is 12.0. The number of carboxylic acids is 1. The molecular formula is C12H14ClNO3. The van der Waals surface area contributed by atoms with Gasteiger partial charge in [0, 0.05) is 19.2 Å². The van der Waals surface area contributed by atoms with Crippen LogP contribution in [0, 0.1) is 5.92 Å². The van der Waals surface area contributed by atoms with Gasteiger partial charge in [-0.15, -0.1) is 0 Å². The second-order valence-corrected chi connectivity index (χ2v) is 4.58. The highest BCUT2D eigenvalue weighted by Gasteiger charge is 2.46. The third-order valence-electron chi connectivity index (χ3n) is 3.11. The van der Waals surface area contributed by atoms with Crippen LogP contribution >= 0.6 is 11.6 Å². The van der Waals surface area contributed by atoms with Gasteiger partial charge in [0.2, 0.25) is 0 Å². The third kappa shape index (κ3) is 2.31. The van der Waals surface area contributed by atoms with Gasteiger partial charge in [-0.3, -0.25) is 4.79 Å². The molecule has 1 aliphatic carbocycles. The van der Waals surface area contributed by atoms with Gasteiger partial charge in [0.25, 0.3) is 0 Å². The van der Waals surface area contributed by atoms with Crippen LogP contribution in [0.3, 0.4) is 0 Å². The lowest BCUT2D eigenvalue weighted by Crippen LogP contribution is -2.23. The van der Waals surface area contributed by atoms with Crippen molar-refractivity contribution in [2.45, 2.75) is 12.5 Å². The Morgan fingerprint density at radius 2 is 2.29 bits per heavy atom. The van der Waals surface area contributed by atoms with Crippen LogP contribution in [0.5, 0.6) is 5.75 Å².